The van der Waals surface area contributed by atoms with Crippen LogP contribution >= 0.6 is 36.2 Å². The summed E-state index contributed by atoms with van der Waals surface area (Å²) in [5.74, 6) is 1.52. The summed E-state index contributed by atoms with van der Waals surface area (Å²) in [4.78, 5) is 16.1. The quantitative estimate of drug-likeness (QED) is 0.867. The van der Waals surface area contributed by atoms with E-state index in [1.807, 2.05) is 31.4 Å². The van der Waals surface area contributed by atoms with Gasteiger partial charge < -0.3 is 15.5 Å². The molecule has 2 aromatic rings. The molecule has 0 aliphatic rings. The molecule has 2 heterocycles. The molecule has 3 N–H and O–H groups in total. The third-order valence-corrected chi connectivity index (χ3v) is 3.51. The Morgan fingerprint density at radius 3 is 2.76 bits per heavy atom. The molecule has 1 amide bonds. The molecule has 0 aliphatic heterocycles. The molecule has 0 fully saturated rings. The van der Waals surface area contributed by atoms with Crippen molar-refractivity contribution in [2.45, 2.75) is 26.3 Å². The normalized spacial score (nSPS) is 11.2. The van der Waals surface area contributed by atoms with Crippen molar-refractivity contribution in [3.05, 3.63) is 29.0 Å². The average Bonchev–Trinajstić information content (AvgIpc) is 2.97. The summed E-state index contributed by atoms with van der Waals surface area (Å²) in [6.45, 7) is 4.19. The fraction of sp³-hybridized carbons (Fsp3) is 0.385. The number of hydrogen-bond donors (Lipinski definition) is 2. The fourth-order valence-corrected chi connectivity index (χ4v) is 2.38. The van der Waals surface area contributed by atoms with E-state index < -0.39 is 0 Å². The first kappa shape index (κ1) is 19.9. The summed E-state index contributed by atoms with van der Waals surface area (Å²) in [6.07, 6.45) is 0.264. The Bertz CT molecular complexity index is 571. The van der Waals surface area contributed by atoms with Gasteiger partial charge in [0.2, 0.25) is 5.91 Å². The van der Waals surface area contributed by atoms with Crippen LogP contribution in [0.2, 0.25) is 0 Å². The number of amides is 1. The van der Waals surface area contributed by atoms with Gasteiger partial charge in [-0.05, 0) is 26.0 Å². The summed E-state index contributed by atoms with van der Waals surface area (Å²) in [5.41, 5.74) is 6.20. The van der Waals surface area contributed by atoms with Crippen LogP contribution in [0, 0.1) is 6.92 Å². The van der Waals surface area contributed by atoms with Gasteiger partial charge in [0.1, 0.15) is 5.76 Å². The summed E-state index contributed by atoms with van der Waals surface area (Å²) in [7, 11) is 0. The van der Waals surface area contributed by atoms with Gasteiger partial charge >= 0.3 is 0 Å². The van der Waals surface area contributed by atoms with Crippen LogP contribution in [0.4, 0.5) is 0 Å². The maximum absolute atomic E-state index is 11.7. The Morgan fingerprint density at radius 1 is 1.48 bits per heavy atom. The smallest absolute Gasteiger partial charge is 0.226 e. The maximum atomic E-state index is 11.7. The minimum absolute atomic E-state index is 0. The fourth-order valence-electron chi connectivity index (χ4n) is 1.60. The third-order valence-electron chi connectivity index (χ3n) is 2.61. The van der Waals surface area contributed by atoms with Gasteiger partial charge in [0.15, 0.2) is 10.8 Å². The number of carbonyl (C=O) groups is 1. The highest BCUT2D eigenvalue weighted by atomic mass is 35.5. The van der Waals surface area contributed by atoms with E-state index in [9.17, 15) is 4.79 Å². The molecule has 118 valence electrons. The van der Waals surface area contributed by atoms with Crippen molar-refractivity contribution in [1.82, 2.24) is 10.3 Å². The van der Waals surface area contributed by atoms with Gasteiger partial charge in [-0.25, -0.2) is 4.98 Å². The van der Waals surface area contributed by atoms with Crippen molar-refractivity contribution in [1.29, 1.82) is 0 Å². The molecule has 0 bridgehead atoms. The van der Waals surface area contributed by atoms with E-state index in [2.05, 4.69) is 10.3 Å². The van der Waals surface area contributed by atoms with E-state index in [1.165, 1.54) is 11.3 Å². The summed E-state index contributed by atoms with van der Waals surface area (Å²) in [6, 6.07) is 3.76. The zero-order valence-corrected chi connectivity index (χ0v) is 14.2. The van der Waals surface area contributed by atoms with Crippen LogP contribution in [0.25, 0.3) is 10.8 Å². The van der Waals surface area contributed by atoms with Crippen LogP contribution in [0.5, 0.6) is 0 Å². The number of aryl methyl sites for hydroxylation is 1. The van der Waals surface area contributed by atoms with Gasteiger partial charge in [0.05, 0.1) is 12.1 Å². The van der Waals surface area contributed by atoms with Crippen molar-refractivity contribution in [2.24, 2.45) is 5.73 Å². The van der Waals surface area contributed by atoms with Crippen molar-refractivity contribution in [3.63, 3.8) is 0 Å². The van der Waals surface area contributed by atoms with Gasteiger partial charge in [0, 0.05) is 18.0 Å². The maximum Gasteiger partial charge on any atom is 0.226 e. The van der Waals surface area contributed by atoms with Gasteiger partial charge in [-0.3, -0.25) is 4.79 Å². The highest BCUT2D eigenvalue weighted by Crippen LogP contribution is 2.25. The summed E-state index contributed by atoms with van der Waals surface area (Å²) >= 11 is 1.47. The van der Waals surface area contributed by atoms with E-state index in [0.29, 0.717) is 6.54 Å². The lowest BCUT2D eigenvalue weighted by atomic mass is 10.3. The van der Waals surface area contributed by atoms with Crippen LogP contribution in [-0.2, 0) is 11.2 Å². The molecule has 21 heavy (non-hydrogen) atoms. The van der Waals surface area contributed by atoms with Gasteiger partial charge in [-0.2, -0.15) is 0 Å². The number of halogens is 2. The predicted octanol–water partition coefficient (Wildman–Crippen LogP) is 2.56. The second-order valence-electron chi connectivity index (χ2n) is 4.44. The van der Waals surface area contributed by atoms with Gasteiger partial charge in [-0.15, -0.1) is 36.2 Å². The van der Waals surface area contributed by atoms with Crippen molar-refractivity contribution in [2.75, 3.05) is 6.54 Å². The Morgan fingerprint density at radius 2 is 2.19 bits per heavy atom. The number of hydrogen-bond acceptors (Lipinski definition) is 5. The van der Waals surface area contributed by atoms with E-state index in [0.717, 1.165) is 22.2 Å². The molecular weight excluding hydrogens is 333 g/mol. The van der Waals surface area contributed by atoms with Crippen LogP contribution in [0.1, 0.15) is 18.4 Å². The van der Waals surface area contributed by atoms with Crippen LogP contribution < -0.4 is 11.1 Å². The van der Waals surface area contributed by atoms with E-state index >= 15 is 0 Å². The third kappa shape index (κ3) is 5.67. The lowest BCUT2D eigenvalue weighted by molar-refractivity contribution is -0.121. The average molecular weight is 352 g/mol. The van der Waals surface area contributed by atoms with Gasteiger partial charge in [0.25, 0.3) is 0 Å². The first-order valence-corrected chi connectivity index (χ1v) is 6.97. The van der Waals surface area contributed by atoms with Crippen LogP contribution in [0.3, 0.4) is 0 Å². The lowest BCUT2D eigenvalue weighted by Gasteiger charge is -2.09. The Labute approximate surface area is 140 Å². The highest BCUT2D eigenvalue weighted by Gasteiger charge is 2.12. The molecule has 0 aromatic carbocycles. The largest absolute Gasteiger partial charge is 0.459 e. The summed E-state index contributed by atoms with van der Waals surface area (Å²) < 4.78 is 5.50. The lowest BCUT2D eigenvalue weighted by Crippen LogP contribution is -2.38. The predicted molar refractivity (Wildman–Crippen MR) is 89.4 cm³/mol. The second-order valence-corrected chi connectivity index (χ2v) is 5.29. The first-order chi connectivity index (χ1) is 9.08. The molecule has 2 aromatic heterocycles. The molecule has 0 saturated heterocycles. The monoisotopic (exact) mass is 351 g/mol. The molecule has 0 aliphatic carbocycles. The first-order valence-electron chi connectivity index (χ1n) is 6.09. The Kier molecular flexibility index (Phi) is 8.58. The van der Waals surface area contributed by atoms with E-state index in [-0.39, 0.29) is 43.2 Å². The van der Waals surface area contributed by atoms with Gasteiger partial charge in [-0.1, -0.05) is 0 Å². The molecule has 8 heteroatoms. The minimum atomic E-state index is -0.0644. The van der Waals surface area contributed by atoms with E-state index in [4.69, 9.17) is 10.2 Å². The SMILES string of the molecule is Cc1ccc(-c2nc(CC(=O)N[C@@H](C)CN)cs2)o1.Cl.Cl. The molecule has 2 rings (SSSR count). The molecule has 0 saturated carbocycles. The van der Waals surface area contributed by atoms with Crippen LogP contribution in [0.15, 0.2) is 21.9 Å². The van der Waals surface area contributed by atoms with E-state index in [1.54, 1.807) is 0 Å². The number of thiazole rings is 1. The highest BCUT2D eigenvalue weighted by molar-refractivity contribution is 7.13. The number of nitrogens with two attached hydrogens (primary N) is 1. The number of aromatic nitrogens is 1. The molecular formula is C13H19Cl2N3O2S. The zero-order valence-electron chi connectivity index (χ0n) is 11.8. The Hall–Kier alpha value is -1.08. The number of furan rings is 1. The topological polar surface area (TPSA) is 81.2 Å². The van der Waals surface area contributed by atoms with Crippen molar-refractivity contribution < 1.29 is 9.21 Å². The number of nitrogens with one attached hydrogen (secondary N) is 1. The number of nitrogens with zero attached hydrogens (tertiary/aromatic N) is 1. The standard InChI is InChI=1S/C13H17N3O2S.2ClH/c1-8(6-14)15-12(17)5-10-7-19-13(16-10)11-4-3-9(2)18-11;;/h3-4,7-8H,5-6,14H2,1-2H3,(H,15,17);2*1H/t8-;;/m0../s1. The molecule has 0 radical (unpaired) electrons. The van der Waals surface area contributed by atoms with Crippen LogP contribution in [-0.4, -0.2) is 23.5 Å². The van der Waals surface area contributed by atoms with Crippen molar-refractivity contribution in [3.8, 4) is 10.8 Å². The molecule has 0 unspecified atom stereocenters. The number of rotatable bonds is 5. The number of carbonyl (C=O) groups excluding carboxylic acids is 1. The van der Waals surface area contributed by atoms with Crippen molar-refractivity contribution >= 4 is 42.1 Å². The second kappa shape index (κ2) is 9.04. The minimum Gasteiger partial charge on any atom is -0.459 e. The molecule has 0 spiro atoms. The molecule has 5 nitrogen and oxygen atoms in total. The zero-order chi connectivity index (χ0) is 13.8. The Balaban J connectivity index is 0.00000200. The molecule has 1 atom stereocenters. The summed E-state index contributed by atoms with van der Waals surface area (Å²) in [5, 5.41) is 5.48.